The quantitative estimate of drug-likeness (QED) is 0.489. The molecule has 0 bridgehead atoms. The van der Waals surface area contributed by atoms with Gasteiger partial charge in [-0.25, -0.2) is 0 Å². The van der Waals surface area contributed by atoms with Crippen LogP contribution in [0.5, 0.6) is 0 Å². The summed E-state index contributed by atoms with van der Waals surface area (Å²) >= 11 is 0. The van der Waals surface area contributed by atoms with E-state index < -0.39 is 0 Å². The molecule has 0 saturated carbocycles. The lowest BCUT2D eigenvalue weighted by Gasteiger charge is -1.97. The number of nitrogens with two attached hydrogens (primary N) is 1. The molecule has 2 N–H and O–H groups in total. The van der Waals surface area contributed by atoms with Crippen molar-refractivity contribution < 1.29 is 0 Å². The zero-order valence-electron chi connectivity index (χ0n) is 6.62. The molecular weight excluding hydrogens is 146 g/mol. The zero-order valence-corrected chi connectivity index (χ0v) is 6.62. The average molecular weight is 155 g/mol. The minimum Gasteiger partial charge on any atom is -0.399 e. The van der Waals surface area contributed by atoms with E-state index in [0.717, 1.165) is 16.8 Å². The lowest BCUT2D eigenvalue weighted by Crippen LogP contribution is -1.84. The van der Waals surface area contributed by atoms with Gasteiger partial charge >= 0.3 is 0 Å². The number of nitrogen functional groups attached to an aromatic ring is 1. The highest BCUT2D eigenvalue weighted by Gasteiger charge is 1.97. The highest BCUT2D eigenvalue weighted by atomic mass is 14.5. The Morgan fingerprint density at radius 1 is 1.08 bits per heavy atom. The van der Waals surface area contributed by atoms with Crippen LogP contribution in [0.15, 0.2) is 48.2 Å². The Labute approximate surface area is 71.5 Å². The largest absolute Gasteiger partial charge is 0.399 e. The van der Waals surface area contributed by atoms with Crippen molar-refractivity contribution in [1.82, 2.24) is 0 Å². The van der Waals surface area contributed by atoms with Crippen molar-refractivity contribution in [2.24, 2.45) is 0 Å². The number of allylic oxidation sites excluding steroid dienone is 3. The predicted molar refractivity (Wildman–Crippen MR) is 51.5 cm³/mol. The molecule has 0 unspecified atom stereocenters. The van der Waals surface area contributed by atoms with E-state index in [-0.39, 0.29) is 0 Å². The van der Waals surface area contributed by atoms with Gasteiger partial charge in [0.1, 0.15) is 0 Å². The van der Waals surface area contributed by atoms with E-state index in [1.165, 1.54) is 0 Å². The van der Waals surface area contributed by atoms with Crippen molar-refractivity contribution in [2.45, 2.75) is 0 Å². The lowest BCUT2D eigenvalue weighted by atomic mass is 10.1. The Kier molecular flexibility index (Phi) is 1.58. The second kappa shape index (κ2) is 2.72. The fourth-order valence-corrected chi connectivity index (χ4v) is 1.17. The van der Waals surface area contributed by atoms with Crippen molar-refractivity contribution >= 4 is 11.3 Å². The summed E-state index contributed by atoms with van der Waals surface area (Å²) in [6.45, 7) is 0. The van der Waals surface area contributed by atoms with Gasteiger partial charge in [-0.15, -0.1) is 5.73 Å². The Hall–Kier alpha value is -1.72. The van der Waals surface area contributed by atoms with Crippen LogP contribution in [0.25, 0.3) is 5.57 Å². The summed E-state index contributed by atoms with van der Waals surface area (Å²) in [4.78, 5) is 0. The van der Waals surface area contributed by atoms with Crippen LogP contribution < -0.4 is 5.73 Å². The second-order valence-corrected chi connectivity index (χ2v) is 2.71. The van der Waals surface area contributed by atoms with Crippen LogP contribution in [0.3, 0.4) is 0 Å². The summed E-state index contributed by atoms with van der Waals surface area (Å²) in [5.41, 5.74) is 11.8. The van der Waals surface area contributed by atoms with Crippen molar-refractivity contribution in [3.63, 3.8) is 0 Å². The highest BCUT2D eigenvalue weighted by Crippen LogP contribution is 2.18. The molecule has 2 rings (SSSR count). The molecule has 0 radical (unpaired) electrons. The molecule has 0 spiro atoms. The van der Waals surface area contributed by atoms with Gasteiger partial charge in [0.25, 0.3) is 0 Å². The molecule has 0 saturated heterocycles. The molecule has 1 heteroatoms. The first kappa shape index (κ1) is 6.96. The average Bonchev–Trinajstić information content (AvgIpc) is 2.58. The van der Waals surface area contributed by atoms with Crippen LogP contribution in [-0.4, -0.2) is 0 Å². The first-order chi connectivity index (χ1) is 5.86. The molecule has 1 aromatic rings. The number of anilines is 1. The molecule has 1 nitrogen and oxygen atoms in total. The topological polar surface area (TPSA) is 26.0 Å². The third kappa shape index (κ3) is 1.18. The fraction of sp³-hybridized carbons (Fsp3) is 0. The van der Waals surface area contributed by atoms with Gasteiger partial charge in [-0.3, -0.25) is 0 Å². The van der Waals surface area contributed by atoms with E-state index in [4.69, 9.17) is 5.73 Å². The monoisotopic (exact) mass is 155 g/mol. The summed E-state index contributed by atoms with van der Waals surface area (Å²) in [5, 5.41) is 0. The number of hydrogen-bond acceptors (Lipinski definition) is 1. The van der Waals surface area contributed by atoms with Crippen molar-refractivity contribution in [1.29, 1.82) is 0 Å². The summed E-state index contributed by atoms with van der Waals surface area (Å²) in [6, 6.07) is 7.80. The minimum atomic E-state index is 0.797. The predicted octanol–water partition coefficient (Wildman–Crippen LogP) is 2.38. The molecule has 0 aliphatic heterocycles. The van der Waals surface area contributed by atoms with E-state index in [2.05, 4.69) is 5.73 Å². The third-order valence-electron chi connectivity index (χ3n) is 1.82. The maximum absolute atomic E-state index is 5.57. The van der Waals surface area contributed by atoms with Gasteiger partial charge in [-0.05, 0) is 29.8 Å². The summed E-state index contributed by atoms with van der Waals surface area (Å²) < 4.78 is 0. The van der Waals surface area contributed by atoms with Gasteiger partial charge in [0.05, 0.1) is 0 Å². The Bertz CT molecular complexity index is 376. The maximum Gasteiger partial charge on any atom is 0.0314 e. The molecule has 1 aliphatic carbocycles. The van der Waals surface area contributed by atoms with Crippen LogP contribution in [0.4, 0.5) is 5.69 Å². The van der Waals surface area contributed by atoms with Crippen LogP contribution in [0.1, 0.15) is 5.56 Å². The van der Waals surface area contributed by atoms with E-state index >= 15 is 0 Å². The molecular formula is C11H9N. The van der Waals surface area contributed by atoms with Gasteiger partial charge in [-0.2, -0.15) is 0 Å². The fourth-order valence-electron chi connectivity index (χ4n) is 1.17. The van der Waals surface area contributed by atoms with Gasteiger partial charge in [0, 0.05) is 11.3 Å². The summed E-state index contributed by atoms with van der Waals surface area (Å²) in [5.74, 6) is 0. The van der Waals surface area contributed by atoms with Crippen molar-refractivity contribution in [2.75, 3.05) is 5.73 Å². The molecule has 12 heavy (non-hydrogen) atoms. The van der Waals surface area contributed by atoms with Crippen LogP contribution in [-0.2, 0) is 0 Å². The van der Waals surface area contributed by atoms with E-state index in [9.17, 15) is 0 Å². The first-order valence-corrected chi connectivity index (χ1v) is 3.85. The van der Waals surface area contributed by atoms with E-state index in [0.29, 0.717) is 0 Å². The Morgan fingerprint density at radius 2 is 1.83 bits per heavy atom. The molecule has 0 amide bonds. The SMILES string of the molecule is Nc1ccc(C2=C=CC=C2)cc1. The van der Waals surface area contributed by atoms with Crippen LogP contribution in [0.2, 0.25) is 0 Å². The van der Waals surface area contributed by atoms with Crippen LogP contribution in [0, 0.1) is 0 Å². The smallest absolute Gasteiger partial charge is 0.0314 e. The first-order valence-electron chi connectivity index (χ1n) is 3.85. The lowest BCUT2D eigenvalue weighted by molar-refractivity contribution is 1.62. The number of hydrogen-bond donors (Lipinski definition) is 1. The number of rotatable bonds is 1. The number of benzene rings is 1. The Balaban J connectivity index is 2.42. The van der Waals surface area contributed by atoms with Gasteiger partial charge in [0.2, 0.25) is 0 Å². The highest BCUT2D eigenvalue weighted by molar-refractivity contribution is 5.76. The van der Waals surface area contributed by atoms with Crippen molar-refractivity contribution in [3.8, 4) is 0 Å². The molecule has 0 heterocycles. The third-order valence-corrected chi connectivity index (χ3v) is 1.82. The van der Waals surface area contributed by atoms with Crippen LogP contribution >= 0.6 is 0 Å². The Morgan fingerprint density at radius 3 is 2.42 bits per heavy atom. The molecule has 0 aromatic heterocycles. The van der Waals surface area contributed by atoms with Crippen molar-refractivity contribution in [3.05, 3.63) is 53.8 Å². The normalized spacial score (nSPS) is 13.5. The van der Waals surface area contributed by atoms with E-state index in [1.807, 2.05) is 42.5 Å². The molecule has 0 atom stereocenters. The van der Waals surface area contributed by atoms with Gasteiger partial charge in [0.15, 0.2) is 0 Å². The second-order valence-electron chi connectivity index (χ2n) is 2.71. The standard InChI is InChI=1S/C11H9N/c12-11-7-5-10(6-8-11)9-3-1-2-4-9/h1-3,5-8H,12H2. The molecule has 1 aromatic carbocycles. The van der Waals surface area contributed by atoms with E-state index in [1.54, 1.807) is 0 Å². The maximum atomic E-state index is 5.57. The molecule has 58 valence electrons. The van der Waals surface area contributed by atoms with Gasteiger partial charge in [-0.1, -0.05) is 18.2 Å². The summed E-state index contributed by atoms with van der Waals surface area (Å²) in [7, 11) is 0. The zero-order chi connectivity index (χ0) is 8.39. The minimum absolute atomic E-state index is 0.797. The van der Waals surface area contributed by atoms with Gasteiger partial charge < -0.3 is 5.73 Å². The molecule has 0 fully saturated rings. The summed E-state index contributed by atoms with van der Waals surface area (Å²) in [6.07, 6.45) is 5.92. The molecule has 1 aliphatic rings.